The van der Waals surface area contributed by atoms with Gasteiger partial charge in [-0.1, -0.05) is 0 Å². The van der Waals surface area contributed by atoms with Crippen molar-refractivity contribution in [3.63, 3.8) is 0 Å². The third-order valence-electron chi connectivity index (χ3n) is 3.16. The first-order chi connectivity index (χ1) is 8.74. The highest BCUT2D eigenvalue weighted by Gasteiger charge is 2.33. The van der Waals surface area contributed by atoms with Gasteiger partial charge in [-0.2, -0.15) is 0 Å². The summed E-state index contributed by atoms with van der Waals surface area (Å²) in [6.07, 6.45) is 5.68. The van der Waals surface area contributed by atoms with Crippen molar-refractivity contribution in [3.8, 4) is 0 Å². The van der Waals surface area contributed by atoms with Crippen LogP contribution in [0.1, 0.15) is 29.6 Å². The molecule has 0 aromatic carbocycles. The maximum atomic E-state index is 12.3. The fourth-order valence-electron chi connectivity index (χ4n) is 2.22. The zero-order valence-corrected chi connectivity index (χ0v) is 10.3. The zero-order valence-electron chi connectivity index (χ0n) is 10.3. The number of likely N-dealkylation sites (tertiary alicyclic amines) is 1. The van der Waals surface area contributed by atoms with E-state index in [1.54, 1.807) is 29.4 Å². The van der Waals surface area contributed by atoms with Crippen LogP contribution in [-0.2, 0) is 9.53 Å². The summed E-state index contributed by atoms with van der Waals surface area (Å²) in [6.45, 7) is 0.598. The molecule has 0 N–H and O–H groups in total. The van der Waals surface area contributed by atoms with Gasteiger partial charge >= 0.3 is 5.97 Å². The number of ether oxygens (including phenoxy) is 1. The number of pyridine rings is 1. The normalized spacial score (nSPS) is 19.4. The summed E-state index contributed by atoms with van der Waals surface area (Å²) in [5, 5.41) is 0. The molecule has 1 fully saturated rings. The number of hydrogen-bond donors (Lipinski definition) is 0. The van der Waals surface area contributed by atoms with E-state index in [2.05, 4.69) is 4.98 Å². The highest BCUT2D eigenvalue weighted by Crippen LogP contribution is 2.20. The van der Waals surface area contributed by atoms with Gasteiger partial charge in [-0.3, -0.25) is 9.78 Å². The molecular formula is C13H16N2O3. The van der Waals surface area contributed by atoms with Crippen LogP contribution in [0.4, 0.5) is 0 Å². The van der Waals surface area contributed by atoms with Crippen LogP contribution in [0.5, 0.6) is 0 Å². The van der Waals surface area contributed by atoms with Gasteiger partial charge < -0.3 is 9.64 Å². The Bertz CT molecular complexity index is 433. The third kappa shape index (κ3) is 2.50. The molecule has 18 heavy (non-hydrogen) atoms. The number of rotatable bonds is 2. The van der Waals surface area contributed by atoms with Crippen LogP contribution in [-0.4, -0.2) is 41.5 Å². The maximum Gasteiger partial charge on any atom is 0.328 e. The Kier molecular flexibility index (Phi) is 3.92. The smallest absolute Gasteiger partial charge is 0.328 e. The minimum absolute atomic E-state index is 0.132. The van der Waals surface area contributed by atoms with Crippen molar-refractivity contribution >= 4 is 11.9 Å². The molecule has 1 aliphatic rings. The molecule has 0 unspecified atom stereocenters. The van der Waals surface area contributed by atoms with E-state index in [4.69, 9.17) is 4.74 Å². The lowest BCUT2D eigenvalue weighted by atomic mass is 10.0. The Hall–Kier alpha value is -1.91. The maximum absolute atomic E-state index is 12.3. The molecule has 0 bridgehead atoms. The van der Waals surface area contributed by atoms with Gasteiger partial charge in [-0.05, 0) is 31.4 Å². The number of hydrogen-bond acceptors (Lipinski definition) is 4. The molecule has 1 aliphatic heterocycles. The van der Waals surface area contributed by atoms with Crippen molar-refractivity contribution in [2.75, 3.05) is 13.7 Å². The predicted octanol–water partition coefficient (Wildman–Crippen LogP) is 1.25. The topological polar surface area (TPSA) is 59.5 Å². The molecule has 1 aromatic heterocycles. The van der Waals surface area contributed by atoms with Gasteiger partial charge in [-0.15, -0.1) is 0 Å². The van der Waals surface area contributed by atoms with Crippen molar-refractivity contribution in [3.05, 3.63) is 30.1 Å². The Morgan fingerprint density at radius 1 is 1.33 bits per heavy atom. The summed E-state index contributed by atoms with van der Waals surface area (Å²) < 4.78 is 4.76. The fourth-order valence-corrected chi connectivity index (χ4v) is 2.22. The van der Waals surface area contributed by atoms with Crippen LogP contribution in [0.15, 0.2) is 24.5 Å². The van der Waals surface area contributed by atoms with Crippen molar-refractivity contribution in [2.45, 2.75) is 25.3 Å². The Labute approximate surface area is 106 Å². The minimum Gasteiger partial charge on any atom is -0.467 e. The molecule has 0 spiro atoms. The van der Waals surface area contributed by atoms with Crippen LogP contribution in [0.2, 0.25) is 0 Å². The van der Waals surface area contributed by atoms with Crippen LogP contribution < -0.4 is 0 Å². The van der Waals surface area contributed by atoms with E-state index < -0.39 is 6.04 Å². The fraction of sp³-hybridized carbons (Fsp3) is 0.462. The predicted molar refractivity (Wildman–Crippen MR) is 64.9 cm³/mol. The number of methoxy groups -OCH3 is 1. The summed E-state index contributed by atoms with van der Waals surface area (Å²) >= 11 is 0. The summed E-state index contributed by atoms with van der Waals surface area (Å²) in [5.74, 6) is -0.468. The Balaban J connectivity index is 2.19. The van der Waals surface area contributed by atoms with Gasteiger partial charge in [0.25, 0.3) is 5.91 Å². The van der Waals surface area contributed by atoms with E-state index >= 15 is 0 Å². The highest BCUT2D eigenvalue weighted by atomic mass is 16.5. The number of esters is 1. The molecule has 0 radical (unpaired) electrons. The van der Waals surface area contributed by atoms with E-state index in [9.17, 15) is 9.59 Å². The second-order valence-electron chi connectivity index (χ2n) is 4.27. The summed E-state index contributed by atoms with van der Waals surface area (Å²) in [5.41, 5.74) is 0.556. The van der Waals surface area contributed by atoms with Crippen molar-refractivity contribution < 1.29 is 14.3 Å². The van der Waals surface area contributed by atoms with Crippen molar-refractivity contribution in [1.82, 2.24) is 9.88 Å². The molecule has 1 aromatic rings. The molecule has 2 rings (SSSR count). The average Bonchev–Trinajstić information content (AvgIpc) is 2.46. The largest absolute Gasteiger partial charge is 0.467 e. The quantitative estimate of drug-likeness (QED) is 0.739. The zero-order chi connectivity index (χ0) is 13.0. The first kappa shape index (κ1) is 12.5. The number of piperidine rings is 1. The van der Waals surface area contributed by atoms with E-state index in [-0.39, 0.29) is 11.9 Å². The second kappa shape index (κ2) is 5.62. The Morgan fingerprint density at radius 2 is 2.06 bits per heavy atom. The second-order valence-corrected chi connectivity index (χ2v) is 4.27. The van der Waals surface area contributed by atoms with Crippen LogP contribution in [0.25, 0.3) is 0 Å². The first-order valence-corrected chi connectivity index (χ1v) is 6.03. The lowest BCUT2D eigenvalue weighted by Crippen LogP contribution is -2.48. The summed E-state index contributed by atoms with van der Waals surface area (Å²) in [4.78, 5) is 29.5. The van der Waals surface area contributed by atoms with Gasteiger partial charge in [0.05, 0.1) is 7.11 Å². The van der Waals surface area contributed by atoms with Crippen LogP contribution in [0, 0.1) is 0 Å². The van der Waals surface area contributed by atoms with E-state index in [0.29, 0.717) is 18.5 Å². The van der Waals surface area contributed by atoms with Gasteiger partial charge in [0.1, 0.15) is 6.04 Å². The van der Waals surface area contributed by atoms with E-state index in [0.717, 1.165) is 12.8 Å². The first-order valence-electron chi connectivity index (χ1n) is 6.03. The van der Waals surface area contributed by atoms with Crippen LogP contribution in [0.3, 0.4) is 0 Å². The lowest BCUT2D eigenvalue weighted by molar-refractivity contribution is -0.147. The number of nitrogens with zero attached hydrogens (tertiary/aromatic N) is 2. The van der Waals surface area contributed by atoms with E-state index in [1.165, 1.54) is 7.11 Å². The highest BCUT2D eigenvalue weighted by molar-refractivity contribution is 5.96. The number of aromatic nitrogens is 1. The summed E-state index contributed by atoms with van der Waals surface area (Å²) in [7, 11) is 1.35. The van der Waals surface area contributed by atoms with Gasteiger partial charge in [0.15, 0.2) is 0 Å². The molecule has 96 valence electrons. The Morgan fingerprint density at radius 3 is 2.72 bits per heavy atom. The molecule has 1 atom stereocenters. The number of carbonyl (C=O) groups excluding carboxylic acids is 2. The standard InChI is InChI=1S/C13H16N2O3/c1-18-13(17)11-4-2-3-9-15(11)12(16)10-5-7-14-8-6-10/h5-8,11H,2-4,9H2,1H3/t11-/m1/s1. The minimum atomic E-state index is -0.454. The van der Waals surface area contributed by atoms with Gasteiger partial charge in [0, 0.05) is 24.5 Å². The molecular weight excluding hydrogens is 232 g/mol. The third-order valence-corrected chi connectivity index (χ3v) is 3.16. The van der Waals surface area contributed by atoms with Crippen molar-refractivity contribution in [2.24, 2.45) is 0 Å². The molecule has 5 heteroatoms. The SMILES string of the molecule is COC(=O)[C@H]1CCCCN1C(=O)c1ccncc1. The number of amides is 1. The number of carbonyl (C=O) groups is 2. The van der Waals surface area contributed by atoms with Gasteiger partial charge in [-0.25, -0.2) is 4.79 Å². The average molecular weight is 248 g/mol. The lowest BCUT2D eigenvalue weighted by Gasteiger charge is -2.33. The monoisotopic (exact) mass is 248 g/mol. The van der Waals surface area contributed by atoms with Crippen molar-refractivity contribution in [1.29, 1.82) is 0 Å². The molecule has 0 aliphatic carbocycles. The molecule has 0 saturated carbocycles. The molecule has 1 saturated heterocycles. The molecule has 1 amide bonds. The van der Waals surface area contributed by atoms with Crippen LogP contribution >= 0.6 is 0 Å². The van der Waals surface area contributed by atoms with Gasteiger partial charge in [0.2, 0.25) is 0 Å². The molecule has 5 nitrogen and oxygen atoms in total. The van der Waals surface area contributed by atoms with E-state index in [1.807, 2.05) is 0 Å². The summed E-state index contributed by atoms with van der Waals surface area (Å²) in [6, 6.07) is 2.86. The molecule has 2 heterocycles.